The highest BCUT2D eigenvalue weighted by Crippen LogP contribution is 2.38. The summed E-state index contributed by atoms with van der Waals surface area (Å²) in [4.78, 5) is 23.9. The molecular formula is C27H31N5O4. The first-order valence-electron chi connectivity index (χ1n) is 11.8. The second kappa shape index (κ2) is 11.4. The first-order valence-corrected chi connectivity index (χ1v) is 11.8. The SMILES string of the molecule is COc1cc(/C=C/C(=O)Nc2ccc(Nc3nc(C)cc(N4CCCC4)n3)cc2)cc(OC)c1OC. The van der Waals surface area contributed by atoms with E-state index in [4.69, 9.17) is 14.2 Å². The van der Waals surface area contributed by atoms with Crippen LogP contribution >= 0.6 is 0 Å². The number of carbonyl (C=O) groups is 1. The largest absolute Gasteiger partial charge is 0.493 e. The highest BCUT2D eigenvalue weighted by atomic mass is 16.5. The van der Waals surface area contributed by atoms with E-state index in [2.05, 4.69) is 25.5 Å². The quantitative estimate of drug-likeness (QED) is 0.414. The van der Waals surface area contributed by atoms with Crippen molar-refractivity contribution in [2.75, 3.05) is 50.0 Å². The lowest BCUT2D eigenvalue weighted by molar-refractivity contribution is -0.111. The van der Waals surface area contributed by atoms with E-state index in [1.807, 2.05) is 37.3 Å². The molecule has 9 nitrogen and oxygen atoms in total. The van der Waals surface area contributed by atoms with Crippen LogP contribution in [0.4, 0.5) is 23.1 Å². The lowest BCUT2D eigenvalue weighted by Crippen LogP contribution is -2.19. The molecule has 1 aliphatic rings. The summed E-state index contributed by atoms with van der Waals surface area (Å²) >= 11 is 0. The van der Waals surface area contributed by atoms with Crippen molar-refractivity contribution in [3.63, 3.8) is 0 Å². The van der Waals surface area contributed by atoms with E-state index in [-0.39, 0.29) is 5.91 Å². The maximum atomic E-state index is 12.5. The van der Waals surface area contributed by atoms with E-state index in [1.165, 1.54) is 18.9 Å². The molecule has 1 aliphatic heterocycles. The van der Waals surface area contributed by atoms with Gasteiger partial charge in [-0.1, -0.05) is 0 Å². The van der Waals surface area contributed by atoms with Crippen LogP contribution in [0.3, 0.4) is 0 Å². The number of rotatable bonds is 9. The minimum absolute atomic E-state index is 0.262. The Balaban J connectivity index is 1.39. The smallest absolute Gasteiger partial charge is 0.248 e. The van der Waals surface area contributed by atoms with Gasteiger partial charge in [0.15, 0.2) is 11.5 Å². The number of nitrogens with zero attached hydrogens (tertiary/aromatic N) is 3. The fourth-order valence-electron chi connectivity index (χ4n) is 4.04. The van der Waals surface area contributed by atoms with Gasteiger partial charge in [0.05, 0.1) is 21.3 Å². The van der Waals surface area contributed by atoms with Gasteiger partial charge in [-0.2, -0.15) is 4.98 Å². The zero-order chi connectivity index (χ0) is 25.5. The minimum atomic E-state index is -0.262. The zero-order valence-electron chi connectivity index (χ0n) is 21.0. The van der Waals surface area contributed by atoms with E-state index in [9.17, 15) is 4.79 Å². The third-order valence-corrected chi connectivity index (χ3v) is 5.79. The molecule has 0 atom stereocenters. The molecular weight excluding hydrogens is 458 g/mol. The van der Waals surface area contributed by atoms with Crippen molar-refractivity contribution in [2.45, 2.75) is 19.8 Å². The van der Waals surface area contributed by atoms with Gasteiger partial charge in [0.1, 0.15) is 5.82 Å². The van der Waals surface area contributed by atoms with Crippen LogP contribution in [0.2, 0.25) is 0 Å². The van der Waals surface area contributed by atoms with Crippen LogP contribution in [0.5, 0.6) is 17.2 Å². The number of aromatic nitrogens is 2. The van der Waals surface area contributed by atoms with E-state index in [0.717, 1.165) is 35.9 Å². The number of amides is 1. The number of nitrogens with one attached hydrogen (secondary N) is 2. The van der Waals surface area contributed by atoms with Gasteiger partial charge in [-0.05, 0) is 67.8 Å². The Kier molecular flexibility index (Phi) is 7.89. The molecule has 0 radical (unpaired) electrons. The maximum Gasteiger partial charge on any atom is 0.248 e. The molecule has 2 heterocycles. The first-order chi connectivity index (χ1) is 17.5. The zero-order valence-corrected chi connectivity index (χ0v) is 21.0. The molecule has 4 rings (SSSR count). The van der Waals surface area contributed by atoms with Gasteiger partial charge in [0.25, 0.3) is 0 Å². The fraction of sp³-hybridized carbons (Fsp3) is 0.296. The van der Waals surface area contributed by atoms with E-state index >= 15 is 0 Å². The number of methoxy groups -OCH3 is 3. The summed E-state index contributed by atoms with van der Waals surface area (Å²) in [5, 5.41) is 6.12. The summed E-state index contributed by atoms with van der Waals surface area (Å²) in [6.07, 6.45) is 5.52. The Bertz CT molecular complexity index is 1210. The molecule has 0 saturated carbocycles. The minimum Gasteiger partial charge on any atom is -0.493 e. The van der Waals surface area contributed by atoms with Gasteiger partial charge in [-0.3, -0.25) is 4.79 Å². The monoisotopic (exact) mass is 489 g/mol. The van der Waals surface area contributed by atoms with Crippen molar-refractivity contribution >= 4 is 35.1 Å². The van der Waals surface area contributed by atoms with Gasteiger partial charge < -0.3 is 29.7 Å². The third kappa shape index (κ3) is 6.04. The van der Waals surface area contributed by atoms with Crippen molar-refractivity contribution in [3.8, 4) is 17.2 Å². The van der Waals surface area contributed by atoms with Gasteiger partial charge in [0.2, 0.25) is 17.6 Å². The van der Waals surface area contributed by atoms with Crippen LogP contribution in [-0.4, -0.2) is 50.3 Å². The van der Waals surface area contributed by atoms with Crippen molar-refractivity contribution in [2.24, 2.45) is 0 Å². The van der Waals surface area contributed by atoms with Crippen LogP contribution in [0.15, 0.2) is 48.5 Å². The number of hydrogen-bond donors (Lipinski definition) is 2. The molecule has 9 heteroatoms. The molecule has 1 aromatic heterocycles. The highest BCUT2D eigenvalue weighted by molar-refractivity contribution is 6.02. The summed E-state index contributed by atoms with van der Waals surface area (Å²) in [5.74, 6) is 2.78. The van der Waals surface area contributed by atoms with Crippen LogP contribution in [0.25, 0.3) is 6.08 Å². The van der Waals surface area contributed by atoms with Crippen molar-refractivity contribution < 1.29 is 19.0 Å². The molecule has 2 aromatic carbocycles. The summed E-state index contributed by atoms with van der Waals surface area (Å²) in [5.41, 5.74) is 3.16. The standard InChI is InChI=1S/C27H31N5O4/c1-18-15-24(32-13-5-6-14-32)31-27(28-18)30-21-10-8-20(9-11-21)29-25(33)12-7-19-16-22(34-2)26(36-4)23(17-19)35-3/h7-12,15-17H,5-6,13-14H2,1-4H3,(H,29,33)(H,28,30,31)/b12-7+. The van der Waals surface area contributed by atoms with Gasteiger partial charge >= 0.3 is 0 Å². The molecule has 3 aromatic rings. The van der Waals surface area contributed by atoms with Crippen molar-refractivity contribution in [1.29, 1.82) is 0 Å². The molecule has 36 heavy (non-hydrogen) atoms. The third-order valence-electron chi connectivity index (χ3n) is 5.79. The van der Waals surface area contributed by atoms with Crippen LogP contribution in [-0.2, 0) is 4.79 Å². The first kappa shape index (κ1) is 24.8. The fourth-order valence-corrected chi connectivity index (χ4v) is 4.04. The number of hydrogen-bond acceptors (Lipinski definition) is 8. The maximum absolute atomic E-state index is 12.5. The second-order valence-electron chi connectivity index (χ2n) is 8.37. The van der Waals surface area contributed by atoms with Crippen LogP contribution in [0.1, 0.15) is 24.1 Å². The molecule has 0 spiro atoms. The predicted molar refractivity (Wildman–Crippen MR) is 142 cm³/mol. The van der Waals surface area contributed by atoms with Crippen LogP contribution in [0, 0.1) is 6.92 Å². The molecule has 1 fully saturated rings. The molecule has 0 bridgehead atoms. The number of carbonyl (C=O) groups excluding carboxylic acids is 1. The summed E-state index contributed by atoms with van der Waals surface area (Å²) in [6, 6.07) is 13.0. The molecule has 1 amide bonds. The Morgan fingerprint density at radius 3 is 2.17 bits per heavy atom. The normalized spacial score (nSPS) is 13.1. The number of anilines is 4. The van der Waals surface area contributed by atoms with E-state index in [1.54, 1.807) is 39.5 Å². The Morgan fingerprint density at radius 1 is 0.917 bits per heavy atom. The van der Waals surface area contributed by atoms with Crippen LogP contribution < -0.4 is 29.7 Å². The average Bonchev–Trinajstić information content (AvgIpc) is 3.43. The molecule has 2 N–H and O–H groups in total. The Hall–Kier alpha value is -4.27. The van der Waals surface area contributed by atoms with E-state index in [0.29, 0.717) is 28.9 Å². The van der Waals surface area contributed by atoms with E-state index < -0.39 is 0 Å². The average molecular weight is 490 g/mol. The van der Waals surface area contributed by atoms with Gasteiger partial charge in [-0.15, -0.1) is 0 Å². The van der Waals surface area contributed by atoms with Gasteiger partial charge in [-0.25, -0.2) is 4.98 Å². The lowest BCUT2D eigenvalue weighted by Gasteiger charge is -2.17. The predicted octanol–water partition coefficient (Wildman–Crippen LogP) is 4.81. The number of aryl methyl sites for hydroxylation is 1. The molecule has 0 unspecified atom stereocenters. The Labute approximate surface area is 211 Å². The topological polar surface area (TPSA) is 97.8 Å². The van der Waals surface area contributed by atoms with Gasteiger partial charge in [0, 0.05) is 42.3 Å². The molecule has 188 valence electrons. The summed E-state index contributed by atoms with van der Waals surface area (Å²) in [6.45, 7) is 4.02. The molecule has 0 aliphatic carbocycles. The lowest BCUT2D eigenvalue weighted by atomic mass is 10.1. The summed E-state index contributed by atoms with van der Waals surface area (Å²) < 4.78 is 16.0. The van der Waals surface area contributed by atoms with Crippen molar-refractivity contribution in [3.05, 3.63) is 59.8 Å². The number of ether oxygens (including phenoxy) is 3. The molecule has 1 saturated heterocycles. The summed E-state index contributed by atoms with van der Waals surface area (Å²) in [7, 11) is 4.64. The van der Waals surface area contributed by atoms with Crippen molar-refractivity contribution in [1.82, 2.24) is 9.97 Å². The number of benzene rings is 2. The highest BCUT2D eigenvalue weighted by Gasteiger charge is 2.15. The second-order valence-corrected chi connectivity index (χ2v) is 8.37. The Morgan fingerprint density at radius 2 is 1.56 bits per heavy atom.